The van der Waals surface area contributed by atoms with Crippen LogP contribution in [0.4, 0.5) is 0 Å². The van der Waals surface area contributed by atoms with Gasteiger partial charge in [-0.1, -0.05) is 152 Å². The van der Waals surface area contributed by atoms with E-state index in [1.807, 2.05) is 42.6 Å². The predicted molar refractivity (Wildman–Crippen MR) is 247 cm³/mol. The summed E-state index contributed by atoms with van der Waals surface area (Å²) < 4.78 is 0. The van der Waals surface area contributed by atoms with Crippen LogP contribution in [0.15, 0.2) is 212 Å². The predicted octanol–water partition coefficient (Wildman–Crippen LogP) is 14.3. The number of hydrogen-bond donors (Lipinski definition) is 1. The van der Waals surface area contributed by atoms with Crippen molar-refractivity contribution in [3.8, 4) is 78.1 Å². The lowest BCUT2D eigenvalue weighted by Gasteiger charge is -2.18. The highest BCUT2D eigenvalue weighted by molar-refractivity contribution is 5.93. The Morgan fingerprint density at radius 3 is 1.55 bits per heavy atom. The molecule has 7 aromatic carbocycles. The Bertz CT molecular complexity index is 3000. The number of nitrogens with zero attached hydrogens (tertiary/aromatic N) is 2. The van der Waals surface area contributed by atoms with Crippen molar-refractivity contribution in [3.63, 3.8) is 0 Å². The molecule has 0 bridgehead atoms. The Morgan fingerprint density at radius 1 is 0.483 bits per heavy atom. The summed E-state index contributed by atoms with van der Waals surface area (Å²) in [5, 5.41) is 10.9. The zero-order valence-electron chi connectivity index (χ0n) is 33.3. The monoisotopic (exact) mass is 774 g/mol. The standard InChI is InChI=1S/C56H42N2O2/c1-38(59)34-48(60)31-29-39-12-2-4-14-49(39)45-35-46(52-17-7-5-15-50(52)40-21-25-43(26-22-40)54-19-10-11-33-57-54)37-47(36-45)53-18-8-6-16-51(53)41-23-27-44(28-24-41)56-32-30-42-13-3-9-20-55(42)58-56/h2-28,30,32-37,59H,29,31H2,1H3. The van der Waals surface area contributed by atoms with Crippen LogP contribution in [0.25, 0.3) is 89.1 Å². The number of hydrogen-bond acceptors (Lipinski definition) is 4. The van der Waals surface area contributed by atoms with E-state index in [1.54, 1.807) is 0 Å². The van der Waals surface area contributed by atoms with Gasteiger partial charge >= 0.3 is 0 Å². The van der Waals surface area contributed by atoms with Gasteiger partial charge in [-0.05, 0) is 117 Å². The lowest BCUT2D eigenvalue weighted by Crippen LogP contribution is -1.99. The molecule has 0 aliphatic carbocycles. The van der Waals surface area contributed by atoms with E-state index in [2.05, 4.69) is 163 Å². The summed E-state index contributed by atoms with van der Waals surface area (Å²) in [7, 11) is 0. The van der Waals surface area contributed by atoms with Crippen molar-refractivity contribution >= 4 is 16.7 Å². The van der Waals surface area contributed by atoms with Gasteiger partial charge in [-0.15, -0.1) is 0 Å². The maximum Gasteiger partial charge on any atom is 0.159 e. The van der Waals surface area contributed by atoms with Crippen LogP contribution in [0.2, 0.25) is 0 Å². The number of rotatable bonds is 11. The zero-order chi connectivity index (χ0) is 40.8. The molecule has 0 saturated carbocycles. The highest BCUT2D eigenvalue weighted by atomic mass is 16.3. The van der Waals surface area contributed by atoms with E-state index in [9.17, 15) is 9.90 Å². The molecule has 288 valence electrons. The average molecular weight is 775 g/mol. The third kappa shape index (κ3) is 8.18. The number of aryl methyl sites for hydroxylation is 1. The first-order chi connectivity index (χ1) is 29.5. The molecule has 0 atom stereocenters. The number of allylic oxidation sites excluding steroid dienone is 2. The van der Waals surface area contributed by atoms with Gasteiger partial charge in [0.2, 0.25) is 0 Å². The third-order valence-electron chi connectivity index (χ3n) is 11.0. The number of aliphatic hydroxyl groups excluding tert-OH is 1. The van der Waals surface area contributed by atoms with Crippen LogP contribution in [0.5, 0.6) is 0 Å². The maximum absolute atomic E-state index is 12.7. The van der Waals surface area contributed by atoms with Gasteiger partial charge in [0.1, 0.15) is 0 Å². The fourth-order valence-corrected chi connectivity index (χ4v) is 8.05. The minimum Gasteiger partial charge on any atom is -0.512 e. The maximum atomic E-state index is 12.7. The molecular weight excluding hydrogens is 733 g/mol. The smallest absolute Gasteiger partial charge is 0.159 e. The fourth-order valence-electron chi connectivity index (χ4n) is 8.05. The zero-order valence-corrected chi connectivity index (χ0v) is 33.3. The molecule has 2 aromatic heterocycles. The van der Waals surface area contributed by atoms with Crippen molar-refractivity contribution in [2.45, 2.75) is 19.8 Å². The number of aromatic nitrogens is 2. The topological polar surface area (TPSA) is 63.1 Å². The van der Waals surface area contributed by atoms with E-state index in [0.29, 0.717) is 12.8 Å². The second kappa shape index (κ2) is 17.0. The summed E-state index contributed by atoms with van der Waals surface area (Å²) in [6.07, 6.45) is 3.98. The Labute approximate surface area is 350 Å². The van der Waals surface area contributed by atoms with Gasteiger partial charge in [-0.2, -0.15) is 0 Å². The van der Waals surface area contributed by atoms with Gasteiger partial charge in [0.05, 0.1) is 22.7 Å². The van der Waals surface area contributed by atoms with Crippen molar-refractivity contribution in [2.75, 3.05) is 0 Å². The fraction of sp³-hybridized carbons (Fsp3) is 0.0536. The van der Waals surface area contributed by atoms with E-state index in [1.165, 1.54) is 13.0 Å². The van der Waals surface area contributed by atoms with Crippen LogP contribution in [-0.2, 0) is 11.2 Å². The molecular formula is C56H42N2O2. The van der Waals surface area contributed by atoms with E-state index in [-0.39, 0.29) is 11.5 Å². The number of pyridine rings is 2. The first-order valence-electron chi connectivity index (χ1n) is 20.3. The molecule has 0 aliphatic rings. The van der Waals surface area contributed by atoms with Crippen molar-refractivity contribution < 1.29 is 9.90 Å². The number of ketones is 1. The highest BCUT2D eigenvalue weighted by Gasteiger charge is 2.16. The highest BCUT2D eigenvalue weighted by Crippen LogP contribution is 2.41. The Hall–Kier alpha value is -7.69. The van der Waals surface area contributed by atoms with E-state index < -0.39 is 0 Å². The summed E-state index contributed by atoms with van der Waals surface area (Å²) in [6, 6.07) is 68.1. The van der Waals surface area contributed by atoms with Gasteiger partial charge < -0.3 is 5.11 Å². The number of aliphatic hydroxyl groups is 1. The first kappa shape index (κ1) is 37.9. The number of fused-ring (bicyclic) bond motifs is 1. The third-order valence-corrected chi connectivity index (χ3v) is 11.0. The molecule has 4 nitrogen and oxygen atoms in total. The number of benzene rings is 7. The number of para-hydroxylation sites is 1. The molecule has 0 saturated heterocycles. The van der Waals surface area contributed by atoms with Crippen LogP contribution >= 0.6 is 0 Å². The summed E-state index contributed by atoms with van der Waals surface area (Å²) in [5.74, 6) is -0.0760. The molecule has 2 heterocycles. The Morgan fingerprint density at radius 2 is 0.967 bits per heavy atom. The second-order valence-corrected chi connectivity index (χ2v) is 15.1. The summed E-state index contributed by atoms with van der Waals surface area (Å²) in [6.45, 7) is 1.53. The van der Waals surface area contributed by atoms with E-state index in [0.717, 1.165) is 94.6 Å². The van der Waals surface area contributed by atoms with Crippen molar-refractivity contribution in [1.29, 1.82) is 0 Å². The van der Waals surface area contributed by atoms with Crippen molar-refractivity contribution in [2.24, 2.45) is 0 Å². The van der Waals surface area contributed by atoms with Gasteiger partial charge in [0.25, 0.3) is 0 Å². The largest absolute Gasteiger partial charge is 0.512 e. The lowest BCUT2D eigenvalue weighted by atomic mass is 9.86. The van der Waals surface area contributed by atoms with Crippen LogP contribution in [0.1, 0.15) is 18.9 Å². The van der Waals surface area contributed by atoms with Crippen LogP contribution in [-0.4, -0.2) is 20.9 Å². The Kier molecular flexibility index (Phi) is 10.8. The molecule has 1 N–H and O–H groups in total. The van der Waals surface area contributed by atoms with E-state index in [4.69, 9.17) is 4.98 Å². The SMILES string of the molecule is CC(O)=CC(=O)CCc1ccccc1-c1cc(-c2ccccc2-c2ccc(-c3ccccn3)cc2)cc(-c2ccccc2-c2ccc(-c3ccc4ccccc4n3)cc2)c1. The van der Waals surface area contributed by atoms with Crippen molar-refractivity contribution in [1.82, 2.24) is 9.97 Å². The molecule has 60 heavy (non-hydrogen) atoms. The van der Waals surface area contributed by atoms with Crippen LogP contribution in [0, 0.1) is 0 Å². The van der Waals surface area contributed by atoms with Gasteiger partial charge in [0, 0.05) is 35.2 Å². The van der Waals surface area contributed by atoms with Crippen molar-refractivity contribution in [3.05, 3.63) is 218 Å². The number of carbonyl (C=O) groups excluding carboxylic acids is 1. The molecule has 9 aromatic rings. The average Bonchev–Trinajstić information content (AvgIpc) is 3.31. The molecule has 0 fully saturated rings. The molecule has 0 aliphatic heterocycles. The minimum absolute atomic E-state index is 0.0225. The first-order valence-corrected chi connectivity index (χ1v) is 20.3. The molecule has 0 spiro atoms. The van der Waals surface area contributed by atoms with Gasteiger partial charge in [-0.25, -0.2) is 4.98 Å². The molecule has 9 rings (SSSR count). The second-order valence-electron chi connectivity index (χ2n) is 15.1. The van der Waals surface area contributed by atoms with Gasteiger partial charge in [0.15, 0.2) is 5.78 Å². The summed E-state index contributed by atoms with van der Waals surface area (Å²) in [5.41, 5.74) is 17.1. The number of carbonyl (C=O) groups is 1. The normalized spacial score (nSPS) is 11.4. The molecule has 0 radical (unpaired) electrons. The minimum atomic E-state index is -0.0985. The molecule has 4 heteroatoms. The molecule has 0 unspecified atom stereocenters. The van der Waals surface area contributed by atoms with Gasteiger partial charge in [-0.3, -0.25) is 9.78 Å². The molecule has 0 amide bonds. The van der Waals surface area contributed by atoms with Crippen LogP contribution < -0.4 is 0 Å². The quantitative estimate of drug-likeness (QED) is 0.105. The summed E-state index contributed by atoms with van der Waals surface area (Å²) in [4.78, 5) is 22.2. The van der Waals surface area contributed by atoms with E-state index >= 15 is 0 Å². The lowest BCUT2D eigenvalue weighted by molar-refractivity contribution is -0.114. The summed E-state index contributed by atoms with van der Waals surface area (Å²) >= 11 is 0. The van der Waals surface area contributed by atoms with Crippen LogP contribution in [0.3, 0.4) is 0 Å². The Balaban J connectivity index is 1.15.